The number of carbonyl (C=O) groups is 1. The first-order valence-electron chi connectivity index (χ1n) is 11.1. The van der Waals surface area contributed by atoms with Gasteiger partial charge in [0.1, 0.15) is 0 Å². The van der Waals surface area contributed by atoms with E-state index in [2.05, 4.69) is 4.67 Å². The Morgan fingerprint density at radius 2 is 1.50 bits per heavy atom. The maximum atomic E-state index is 13.8. The SMILES string of the molecule is COc1ccc(C2CC(OC)CCC2C(=O)c2cc(OC)c(OC)c(OC)c2)cc1OOP(=O)(O)O. The normalized spacial score (nSPS) is 19.9. The molecule has 3 atom stereocenters. The van der Waals surface area contributed by atoms with Crippen molar-refractivity contribution in [3.05, 3.63) is 41.5 Å². The van der Waals surface area contributed by atoms with Crippen molar-refractivity contribution >= 4 is 13.6 Å². The maximum Gasteiger partial charge on any atom is 0.505 e. The summed E-state index contributed by atoms with van der Waals surface area (Å²) in [7, 11) is 2.57. The molecule has 0 amide bonds. The number of benzene rings is 2. The van der Waals surface area contributed by atoms with E-state index < -0.39 is 13.7 Å². The highest BCUT2D eigenvalue weighted by Gasteiger charge is 2.37. The molecule has 36 heavy (non-hydrogen) atoms. The second-order valence-electron chi connectivity index (χ2n) is 8.22. The minimum absolute atomic E-state index is 0.0307. The topological polar surface area (TPSA) is 139 Å². The number of ether oxygens (including phenoxy) is 5. The van der Waals surface area contributed by atoms with E-state index in [0.717, 1.165) is 0 Å². The van der Waals surface area contributed by atoms with Gasteiger partial charge in [0.05, 0.1) is 34.5 Å². The third-order valence-corrected chi connectivity index (χ3v) is 6.53. The van der Waals surface area contributed by atoms with E-state index in [9.17, 15) is 9.36 Å². The monoisotopic (exact) mass is 526 g/mol. The van der Waals surface area contributed by atoms with Crippen molar-refractivity contribution < 1.29 is 52.4 Å². The van der Waals surface area contributed by atoms with Crippen LogP contribution in [0.2, 0.25) is 0 Å². The molecule has 2 aromatic rings. The van der Waals surface area contributed by atoms with Crippen LogP contribution in [-0.2, 0) is 14.0 Å². The van der Waals surface area contributed by atoms with Gasteiger partial charge in [-0.15, -0.1) is 0 Å². The second kappa shape index (κ2) is 11.9. The summed E-state index contributed by atoms with van der Waals surface area (Å²) < 4.78 is 42.4. The Hall–Kier alpha value is -2.82. The molecule has 0 spiro atoms. The molecule has 2 aromatic carbocycles. The highest BCUT2D eigenvalue weighted by atomic mass is 31.2. The van der Waals surface area contributed by atoms with Crippen LogP contribution in [0.4, 0.5) is 0 Å². The molecule has 1 fully saturated rings. The molecule has 2 N–H and O–H groups in total. The van der Waals surface area contributed by atoms with Crippen molar-refractivity contribution in [2.75, 3.05) is 35.5 Å². The lowest BCUT2D eigenvalue weighted by Crippen LogP contribution is -2.32. The second-order valence-corrected chi connectivity index (χ2v) is 9.35. The van der Waals surface area contributed by atoms with Crippen LogP contribution >= 0.6 is 7.82 Å². The molecular formula is C24H31O11P. The van der Waals surface area contributed by atoms with Gasteiger partial charge >= 0.3 is 7.82 Å². The van der Waals surface area contributed by atoms with E-state index in [1.165, 1.54) is 28.4 Å². The van der Waals surface area contributed by atoms with E-state index in [-0.39, 0.29) is 29.3 Å². The number of hydrogen-bond donors (Lipinski definition) is 2. The third-order valence-electron chi connectivity index (χ3n) is 6.26. The van der Waals surface area contributed by atoms with Gasteiger partial charge in [0.25, 0.3) is 0 Å². The molecule has 1 aliphatic carbocycles. The van der Waals surface area contributed by atoms with Gasteiger partial charge < -0.3 is 38.4 Å². The van der Waals surface area contributed by atoms with Gasteiger partial charge in [0, 0.05) is 18.6 Å². The standard InChI is InChI=1S/C24H31O11P/c1-29-16-7-8-17(23(25)15-11-21(31-3)24(33-5)22(12-15)32-4)18(13-16)14-6-9-19(30-2)20(10-14)34-35-36(26,27)28/h6,9-12,16-18H,7-8,13H2,1-5H3,(H2,26,27,28). The highest BCUT2D eigenvalue weighted by molar-refractivity contribution is 7.46. The van der Waals surface area contributed by atoms with E-state index >= 15 is 0 Å². The summed E-state index contributed by atoms with van der Waals surface area (Å²) in [6.07, 6.45) is 1.72. The predicted octanol–water partition coefficient (Wildman–Crippen LogP) is 3.91. The smallest absolute Gasteiger partial charge is 0.493 e. The molecule has 0 aliphatic heterocycles. The number of rotatable bonds is 11. The molecule has 1 aliphatic rings. The van der Waals surface area contributed by atoms with Gasteiger partial charge in [-0.05, 0) is 55.0 Å². The Morgan fingerprint density at radius 3 is 2.03 bits per heavy atom. The predicted molar refractivity (Wildman–Crippen MR) is 128 cm³/mol. The van der Waals surface area contributed by atoms with Crippen molar-refractivity contribution in [1.29, 1.82) is 0 Å². The number of hydrogen-bond acceptors (Lipinski definition) is 9. The summed E-state index contributed by atoms with van der Waals surface area (Å²) in [5.74, 6) is 0.475. The first-order chi connectivity index (χ1) is 17.1. The molecule has 198 valence electrons. The highest BCUT2D eigenvalue weighted by Crippen LogP contribution is 2.46. The van der Waals surface area contributed by atoms with Crippen LogP contribution in [0.3, 0.4) is 0 Å². The van der Waals surface area contributed by atoms with Gasteiger partial charge in [-0.2, -0.15) is 0 Å². The van der Waals surface area contributed by atoms with E-state index in [1.54, 1.807) is 37.4 Å². The molecule has 1 saturated carbocycles. The van der Waals surface area contributed by atoms with E-state index in [0.29, 0.717) is 47.6 Å². The lowest BCUT2D eigenvalue weighted by atomic mass is 9.71. The molecule has 0 heterocycles. The molecule has 3 rings (SSSR count). The van der Waals surface area contributed by atoms with Crippen LogP contribution in [0.5, 0.6) is 28.7 Å². The summed E-state index contributed by atoms with van der Waals surface area (Å²) in [4.78, 5) is 36.7. The molecule has 0 radical (unpaired) electrons. The lowest BCUT2D eigenvalue weighted by molar-refractivity contribution is -0.124. The first kappa shape index (κ1) is 27.8. The zero-order valence-electron chi connectivity index (χ0n) is 20.8. The van der Waals surface area contributed by atoms with Crippen molar-refractivity contribution in [3.63, 3.8) is 0 Å². The molecule has 0 saturated heterocycles. The van der Waals surface area contributed by atoms with Crippen LogP contribution < -0.4 is 23.8 Å². The van der Waals surface area contributed by atoms with Crippen molar-refractivity contribution in [2.45, 2.75) is 31.3 Å². The van der Waals surface area contributed by atoms with Crippen LogP contribution in [0.1, 0.15) is 41.1 Å². The Labute approximate surface area is 209 Å². The Balaban J connectivity index is 2.01. The number of Topliss-reactive ketones (excluding diaryl/α,β-unsaturated/α-hetero) is 1. The van der Waals surface area contributed by atoms with Crippen molar-refractivity contribution in [3.8, 4) is 28.7 Å². The molecule has 0 bridgehead atoms. The maximum absolute atomic E-state index is 13.8. The zero-order valence-corrected chi connectivity index (χ0v) is 21.7. The van der Waals surface area contributed by atoms with Crippen molar-refractivity contribution in [1.82, 2.24) is 0 Å². The summed E-state index contributed by atoms with van der Waals surface area (Å²) >= 11 is 0. The largest absolute Gasteiger partial charge is 0.505 e. The quantitative estimate of drug-likeness (QED) is 0.191. The first-order valence-corrected chi connectivity index (χ1v) is 12.7. The summed E-state index contributed by atoms with van der Waals surface area (Å²) in [6, 6.07) is 8.16. The van der Waals surface area contributed by atoms with Gasteiger partial charge in [-0.3, -0.25) is 4.79 Å². The van der Waals surface area contributed by atoms with Gasteiger partial charge in [0.2, 0.25) is 11.5 Å². The summed E-state index contributed by atoms with van der Waals surface area (Å²) in [5, 5.41) is 0. The summed E-state index contributed by atoms with van der Waals surface area (Å²) in [6.45, 7) is 0. The van der Waals surface area contributed by atoms with Crippen LogP contribution in [0.25, 0.3) is 0 Å². The fourth-order valence-electron chi connectivity index (χ4n) is 4.54. The van der Waals surface area contributed by atoms with E-state index in [1.807, 2.05) is 0 Å². The van der Waals surface area contributed by atoms with Gasteiger partial charge in [-0.1, -0.05) is 10.7 Å². The number of phosphoric acid groups is 1. The van der Waals surface area contributed by atoms with Crippen LogP contribution in [-0.4, -0.2) is 57.2 Å². The summed E-state index contributed by atoms with van der Waals surface area (Å²) in [5.41, 5.74) is 1.11. The number of carbonyl (C=O) groups excluding carboxylic acids is 1. The zero-order chi connectivity index (χ0) is 26.5. The fraction of sp³-hybridized carbons (Fsp3) is 0.458. The van der Waals surface area contributed by atoms with Crippen molar-refractivity contribution in [2.24, 2.45) is 5.92 Å². The van der Waals surface area contributed by atoms with Gasteiger partial charge in [0.15, 0.2) is 23.0 Å². The third kappa shape index (κ3) is 6.29. The van der Waals surface area contributed by atoms with Crippen LogP contribution in [0.15, 0.2) is 30.3 Å². The van der Waals surface area contributed by atoms with Gasteiger partial charge in [-0.25, -0.2) is 4.57 Å². The van der Waals surface area contributed by atoms with E-state index in [4.69, 9.17) is 38.4 Å². The molecule has 12 heteroatoms. The van der Waals surface area contributed by atoms with Crippen LogP contribution in [0, 0.1) is 5.92 Å². The molecule has 0 aromatic heterocycles. The molecular weight excluding hydrogens is 495 g/mol. The molecule has 11 nitrogen and oxygen atoms in total. The Morgan fingerprint density at radius 1 is 0.861 bits per heavy atom. The number of ketones is 1. The minimum atomic E-state index is -4.90. The fourth-order valence-corrected chi connectivity index (χ4v) is 4.72. The average Bonchev–Trinajstić information content (AvgIpc) is 2.89. The Bertz CT molecular complexity index is 1090. The number of methoxy groups -OCH3 is 5. The minimum Gasteiger partial charge on any atom is -0.493 e. The molecule has 3 unspecified atom stereocenters. The lowest BCUT2D eigenvalue weighted by Gasteiger charge is -2.35. The average molecular weight is 526 g/mol. The Kier molecular flexibility index (Phi) is 9.21.